The van der Waals surface area contributed by atoms with E-state index in [4.69, 9.17) is 0 Å². The van der Waals surface area contributed by atoms with Crippen LogP contribution in [0, 0.1) is 20.8 Å². The minimum atomic E-state index is 0.691. The van der Waals surface area contributed by atoms with Gasteiger partial charge >= 0.3 is 0 Å². The SMILES string of the molecule is Cc1nc(-c2cncnc2)nc(C)c1C. The number of nitrogens with zero attached hydrogens (tertiary/aromatic N) is 4. The van der Waals surface area contributed by atoms with Crippen LogP contribution in [0.25, 0.3) is 11.4 Å². The standard InChI is InChI=1S/C11H12N4/c1-7-8(2)14-11(15-9(7)3)10-4-12-6-13-5-10/h4-6H,1-3H3. The Morgan fingerprint density at radius 2 is 1.40 bits per heavy atom. The molecule has 4 heteroatoms. The molecule has 0 atom stereocenters. The lowest BCUT2D eigenvalue weighted by Crippen LogP contribution is -1.99. The quantitative estimate of drug-likeness (QED) is 0.705. The van der Waals surface area contributed by atoms with E-state index in [0.717, 1.165) is 22.5 Å². The van der Waals surface area contributed by atoms with E-state index < -0.39 is 0 Å². The van der Waals surface area contributed by atoms with Crippen molar-refractivity contribution >= 4 is 0 Å². The summed E-state index contributed by atoms with van der Waals surface area (Å²) in [6, 6.07) is 0. The van der Waals surface area contributed by atoms with Gasteiger partial charge in [-0.05, 0) is 26.3 Å². The molecule has 0 aliphatic rings. The predicted molar refractivity (Wildman–Crippen MR) is 57.3 cm³/mol. The first-order valence-corrected chi connectivity index (χ1v) is 4.75. The van der Waals surface area contributed by atoms with Crippen molar-refractivity contribution in [1.82, 2.24) is 19.9 Å². The molecule has 15 heavy (non-hydrogen) atoms. The van der Waals surface area contributed by atoms with E-state index in [0.29, 0.717) is 5.82 Å². The molecule has 0 unspecified atom stereocenters. The molecule has 0 radical (unpaired) electrons. The van der Waals surface area contributed by atoms with Gasteiger partial charge in [-0.3, -0.25) is 0 Å². The van der Waals surface area contributed by atoms with Gasteiger partial charge in [-0.1, -0.05) is 0 Å². The Hall–Kier alpha value is -1.84. The topological polar surface area (TPSA) is 51.6 Å². The molecule has 4 nitrogen and oxygen atoms in total. The van der Waals surface area contributed by atoms with Gasteiger partial charge in [0.05, 0.1) is 5.56 Å². The Balaban J connectivity index is 2.56. The summed E-state index contributed by atoms with van der Waals surface area (Å²) in [5.74, 6) is 0.691. The number of hydrogen-bond acceptors (Lipinski definition) is 4. The summed E-state index contributed by atoms with van der Waals surface area (Å²) >= 11 is 0. The molecule has 2 aromatic rings. The van der Waals surface area contributed by atoms with Gasteiger partial charge in [-0.15, -0.1) is 0 Å². The molecule has 76 valence electrons. The van der Waals surface area contributed by atoms with Crippen LogP contribution < -0.4 is 0 Å². The molecule has 0 aromatic carbocycles. The molecule has 2 rings (SSSR count). The predicted octanol–water partition coefficient (Wildman–Crippen LogP) is 1.86. The third-order valence-corrected chi connectivity index (χ3v) is 2.45. The average molecular weight is 200 g/mol. The van der Waals surface area contributed by atoms with E-state index in [1.165, 1.54) is 6.33 Å². The molecule has 2 aromatic heterocycles. The van der Waals surface area contributed by atoms with Gasteiger partial charge in [0, 0.05) is 23.8 Å². The van der Waals surface area contributed by atoms with E-state index in [1.54, 1.807) is 12.4 Å². The van der Waals surface area contributed by atoms with Crippen molar-refractivity contribution in [1.29, 1.82) is 0 Å². The van der Waals surface area contributed by atoms with Gasteiger partial charge in [0.2, 0.25) is 0 Å². The molecule has 0 N–H and O–H groups in total. The highest BCUT2D eigenvalue weighted by atomic mass is 14.9. The zero-order chi connectivity index (χ0) is 10.8. The van der Waals surface area contributed by atoms with Crippen molar-refractivity contribution in [3.8, 4) is 11.4 Å². The van der Waals surface area contributed by atoms with Gasteiger partial charge in [0.25, 0.3) is 0 Å². The summed E-state index contributed by atoms with van der Waals surface area (Å²) in [6.07, 6.45) is 4.94. The molecule has 2 heterocycles. The van der Waals surface area contributed by atoms with Gasteiger partial charge < -0.3 is 0 Å². The zero-order valence-corrected chi connectivity index (χ0v) is 9.02. The number of aromatic nitrogens is 4. The second kappa shape index (κ2) is 3.73. The maximum Gasteiger partial charge on any atom is 0.162 e. The van der Waals surface area contributed by atoms with Crippen molar-refractivity contribution in [2.24, 2.45) is 0 Å². The largest absolute Gasteiger partial charge is 0.244 e. The normalized spacial score (nSPS) is 10.3. The van der Waals surface area contributed by atoms with E-state index in [2.05, 4.69) is 19.9 Å². The molecule has 0 fully saturated rings. The minimum absolute atomic E-state index is 0.691. The number of rotatable bonds is 1. The minimum Gasteiger partial charge on any atom is -0.244 e. The van der Waals surface area contributed by atoms with Crippen LogP contribution in [-0.2, 0) is 0 Å². The van der Waals surface area contributed by atoms with Crippen molar-refractivity contribution in [3.05, 3.63) is 35.7 Å². The summed E-state index contributed by atoms with van der Waals surface area (Å²) in [7, 11) is 0. The summed E-state index contributed by atoms with van der Waals surface area (Å²) in [6.45, 7) is 5.99. The molecule has 0 bridgehead atoms. The second-order valence-corrected chi connectivity index (χ2v) is 3.47. The lowest BCUT2D eigenvalue weighted by Gasteiger charge is -2.06. The molecular formula is C11H12N4. The van der Waals surface area contributed by atoms with Crippen LogP contribution >= 0.6 is 0 Å². The highest BCUT2D eigenvalue weighted by Crippen LogP contribution is 2.15. The molecule has 0 aliphatic carbocycles. The fraction of sp³-hybridized carbons (Fsp3) is 0.273. The fourth-order valence-corrected chi connectivity index (χ4v) is 1.32. The maximum absolute atomic E-state index is 4.41. The third kappa shape index (κ3) is 1.83. The Morgan fingerprint density at radius 1 is 0.867 bits per heavy atom. The Bertz CT molecular complexity index is 456. The van der Waals surface area contributed by atoms with Crippen molar-refractivity contribution in [2.75, 3.05) is 0 Å². The summed E-state index contributed by atoms with van der Waals surface area (Å²) in [5.41, 5.74) is 3.99. The van der Waals surface area contributed by atoms with Crippen LogP contribution in [0.3, 0.4) is 0 Å². The molecule has 0 amide bonds. The van der Waals surface area contributed by atoms with Gasteiger partial charge in [-0.25, -0.2) is 19.9 Å². The molecule has 0 saturated carbocycles. The highest BCUT2D eigenvalue weighted by molar-refractivity contribution is 5.52. The molecular weight excluding hydrogens is 188 g/mol. The number of aryl methyl sites for hydroxylation is 2. The van der Waals surface area contributed by atoms with Crippen molar-refractivity contribution in [2.45, 2.75) is 20.8 Å². The zero-order valence-electron chi connectivity index (χ0n) is 9.02. The maximum atomic E-state index is 4.41. The fourth-order valence-electron chi connectivity index (χ4n) is 1.32. The third-order valence-electron chi connectivity index (χ3n) is 2.45. The van der Waals surface area contributed by atoms with Crippen LogP contribution in [0.5, 0.6) is 0 Å². The smallest absolute Gasteiger partial charge is 0.162 e. The second-order valence-electron chi connectivity index (χ2n) is 3.47. The molecule has 0 spiro atoms. The lowest BCUT2D eigenvalue weighted by atomic mass is 10.2. The Morgan fingerprint density at radius 3 is 1.93 bits per heavy atom. The van der Waals surface area contributed by atoms with Crippen LogP contribution in [-0.4, -0.2) is 19.9 Å². The summed E-state index contributed by atoms with van der Waals surface area (Å²) in [4.78, 5) is 16.7. The van der Waals surface area contributed by atoms with Gasteiger partial charge in [0.15, 0.2) is 5.82 Å². The van der Waals surface area contributed by atoms with Crippen LogP contribution in [0.1, 0.15) is 17.0 Å². The van der Waals surface area contributed by atoms with E-state index in [-0.39, 0.29) is 0 Å². The van der Waals surface area contributed by atoms with E-state index >= 15 is 0 Å². The van der Waals surface area contributed by atoms with Gasteiger partial charge in [-0.2, -0.15) is 0 Å². The Labute approximate surface area is 88.5 Å². The highest BCUT2D eigenvalue weighted by Gasteiger charge is 2.06. The average Bonchev–Trinajstić information content (AvgIpc) is 2.26. The lowest BCUT2D eigenvalue weighted by molar-refractivity contribution is 1.01. The van der Waals surface area contributed by atoms with Crippen LogP contribution in [0.2, 0.25) is 0 Å². The Kier molecular flexibility index (Phi) is 2.41. The summed E-state index contributed by atoms with van der Waals surface area (Å²) in [5, 5.41) is 0. The monoisotopic (exact) mass is 200 g/mol. The van der Waals surface area contributed by atoms with Gasteiger partial charge in [0.1, 0.15) is 6.33 Å². The first-order chi connectivity index (χ1) is 7.18. The van der Waals surface area contributed by atoms with E-state index in [1.807, 2.05) is 20.8 Å². The summed E-state index contributed by atoms with van der Waals surface area (Å²) < 4.78 is 0. The van der Waals surface area contributed by atoms with Crippen LogP contribution in [0.15, 0.2) is 18.7 Å². The van der Waals surface area contributed by atoms with Crippen LogP contribution in [0.4, 0.5) is 0 Å². The van der Waals surface area contributed by atoms with Crippen molar-refractivity contribution in [3.63, 3.8) is 0 Å². The first-order valence-electron chi connectivity index (χ1n) is 4.75. The van der Waals surface area contributed by atoms with E-state index in [9.17, 15) is 0 Å². The molecule has 0 saturated heterocycles. The molecule has 0 aliphatic heterocycles. The number of hydrogen-bond donors (Lipinski definition) is 0. The van der Waals surface area contributed by atoms with Crippen molar-refractivity contribution < 1.29 is 0 Å². The first kappa shape index (κ1) is 9.71.